The average molecular weight is 286 g/mol. The number of carbonyl (C=O) groups is 1. The van der Waals surface area contributed by atoms with Crippen LogP contribution in [0.2, 0.25) is 0 Å². The number of hydrogen-bond acceptors (Lipinski definition) is 3. The Morgan fingerprint density at radius 2 is 1.83 bits per heavy atom. The zero-order valence-corrected chi connectivity index (χ0v) is 9.35. The number of aromatic carboxylic acids is 1. The molecule has 1 N–H and O–H groups in total. The zero-order chi connectivity index (χ0) is 14.1. The molecule has 0 spiro atoms. The van der Waals surface area contributed by atoms with Crippen LogP contribution in [0.25, 0.3) is 0 Å². The van der Waals surface area contributed by atoms with Crippen LogP contribution in [-0.2, 0) is 9.84 Å². The summed E-state index contributed by atoms with van der Waals surface area (Å²) in [4.78, 5) is 9.27. The first-order chi connectivity index (χ1) is 8.03. The molecule has 9 heteroatoms. The molecule has 0 unspecified atom stereocenters. The first kappa shape index (κ1) is 14.4. The van der Waals surface area contributed by atoms with Crippen LogP contribution in [0.4, 0.5) is 17.6 Å². The molecule has 0 saturated carbocycles. The van der Waals surface area contributed by atoms with E-state index >= 15 is 0 Å². The Morgan fingerprint density at radius 1 is 1.28 bits per heavy atom. The summed E-state index contributed by atoms with van der Waals surface area (Å²) in [5.74, 6) is -5.25. The van der Waals surface area contributed by atoms with E-state index in [4.69, 9.17) is 5.11 Å². The number of carboxylic acid groups (broad SMARTS) is 1. The molecule has 0 aromatic heterocycles. The summed E-state index contributed by atoms with van der Waals surface area (Å²) >= 11 is 0. The van der Waals surface area contributed by atoms with Crippen LogP contribution < -0.4 is 0 Å². The molecule has 0 fully saturated rings. The van der Waals surface area contributed by atoms with Crippen LogP contribution >= 0.6 is 0 Å². The number of rotatable bonds is 3. The molecule has 0 aliphatic carbocycles. The quantitative estimate of drug-likeness (QED) is 0.861. The highest BCUT2D eigenvalue weighted by Crippen LogP contribution is 2.24. The maximum absolute atomic E-state index is 13.3. The fraction of sp³-hybridized carbons (Fsp3) is 0.222. The molecule has 0 heterocycles. The minimum absolute atomic E-state index is 0.353. The van der Waals surface area contributed by atoms with E-state index < -0.39 is 44.0 Å². The van der Waals surface area contributed by atoms with Crippen LogP contribution in [-0.4, -0.2) is 31.4 Å². The van der Waals surface area contributed by atoms with Crippen molar-refractivity contribution in [1.82, 2.24) is 0 Å². The Bertz CT molecular complexity index is 577. The van der Waals surface area contributed by atoms with Crippen molar-refractivity contribution < 1.29 is 35.9 Å². The second-order valence-electron chi connectivity index (χ2n) is 3.32. The van der Waals surface area contributed by atoms with E-state index in [1.807, 2.05) is 0 Å². The van der Waals surface area contributed by atoms with Crippen molar-refractivity contribution in [3.8, 4) is 0 Å². The van der Waals surface area contributed by atoms with E-state index in [9.17, 15) is 30.8 Å². The van der Waals surface area contributed by atoms with Crippen LogP contribution in [0.15, 0.2) is 23.1 Å². The number of benzene rings is 1. The fourth-order valence-electron chi connectivity index (χ4n) is 1.18. The zero-order valence-electron chi connectivity index (χ0n) is 8.53. The highest BCUT2D eigenvalue weighted by atomic mass is 32.2. The second-order valence-corrected chi connectivity index (χ2v) is 5.28. The average Bonchev–Trinajstić information content (AvgIpc) is 2.12. The fourth-order valence-corrected chi connectivity index (χ4v) is 2.40. The Hall–Kier alpha value is -1.64. The summed E-state index contributed by atoms with van der Waals surface area (Å²) in [7, 11) is -4.88. The van der Waals surface area contributed by atoms with Gasteiger partial charge in [-0.1, -0.05) is 0 Å². The van der Waals surface area contributed by atoms with E-state index in [0.29, 0.717) is 18.2 Å². The predicted molar refractivity (Wildman–Crippen MR) is 51.5 cm³/mol. The topological polar surface area (TPSA) is 71.4 Å². The molecule has 0 bridgehead atoms. The van der Waals surface area contributed by atoms with Crippen molar-refractivity contribution in [2.75, 3.05) is 5.75 Å². The molecule has 4 nitrogen and oxygen atoms in total. The largest absolute Gasteiger partial charge is 0.478 e. The van der Waals surface area contributed by atoms with Gasteiger partial charge in [-0.25, -0.2) is 17.6 Å². The Kier molecular flexibility index (Phi) is 3.65. The minimum atomic E-state index is -5.00. The molecule has 0 aliphatic rings. The lowest BCUT2D eigenvalue weighted by molar-refractivity contribution is -0.106. The normalized spacial score (nSPS) is 12.4. The van der Waals surface area contributed by atoms with E-state index in [1.54, 1.807) is 0 Å². The number of carboxylic acids is 1. The molecule has 1 rings (SSSR count). The van der Waals surface area contributed by atoms with Gasteiger partial charge in [0.2, 0.25) is 0 Å². The summed E-state index contributed by atoms with van der Waals surface area (Å²) < 4.78 is 71.7. The SMILES string of the molecule is O=C(O)c1ccc(S(=O)(=O)CC(F)(F)F)c(F)c1. The third kappa shape index (κ3) is 3.42. The molecular formula is C9H6F4O4S. The summed E-state index contributed by atoms with van der Waals surface area (Å²) in [5.41, 5.74) is -0.557. The highest BCUT2D eigenvalue weighted by Gasteiger charge is 2.37. The van der Waals surface area contributed by atoms with Crippen molar-refractivity contribution >= 4 is 15.8 Å². The first-order valence-corrected chi connectivity index (χ1v) is 6.00. The first-order valence-electron chi connectivity index (χ1n) is 4.35. The third-order valence-electron chi connectivity index (χ3n) is 1.87. The molecule has 1 aromatic rings. The maximum Gasteiger partial charge on any atom is 0.403 e. The van der Waals surface area contributed by atoms with Crippen molar-refractivity contribution in [2.45, 2.75) is 11.1 Å². The van der Waals surface area contributed by atoms with E-state index in [1.165, 1.54) is 0 Å². The molecule has 1 aromatic carbocycles. The molecule has 100 valence electrons. The number of hydrogen-bond donors (Lipinski definition) is 1. The molecule has 18 heavy (non-hydrogen) atoms. The van der Waals surface area contributed by atoms with Gasteiger partial charge in [0.15, 0.2) is 15.6 Å². The van der Waals surface area contributed by atoms with Gasteiger partial charge in [-0.05, 0) is 18.2 Å². The monoisotopic (exact) mass is 286 g/mol. The minimum Gasteiger partial charge on any atom is -0.478 e. The van der Waals surface area contributed by atoms with Crippen LogP contribution in [0.3, 0.4) is 0 Å². The van der Waals surface area contributed by atoms with Crippen LogP contribution in [0.1, 0.15) is 10.4 Å². The summed E-state index contributed by atoms with van der Waals surface area (Å²) in [6.45, 7) is 0. The predicted octanol–water partition coefficient (Wildman–Crippen LogP) is 1.86. The van der Waals surface area contributed by atoms with Crippen LogP contribution in [0.5, 0.6) is 0 Å². The molecular weight excluding hydrogens is 280 g/mol. The molecule has 0 aliphatic heterocycles. The number of sulfone groups is 1. The number of alkyl halides is 3. The summed E-state index contributed by atoms with van der Waals surface area (Å²) in [6.07, 6.45) is -5.00. The Morgan fingerprint density at radius 3 is 2.22 bits per heavy atom. The van der Waals surface area contributed by atoms with Gasteiger partial charge in [0.1, 0.15) is 10.7 Å². The van der Waals surface area contributed by atoms with E-state index in [0.717, 1.165) is 0 Å². The Labute approximate surface area is 98.8 Å². The third-order valence-corrected chi connectivity index (χ3v) is 3.58. The van der Waals surface area contributed by atoms with Gasteiger partial charge >= 0.3 is 12.1 Å². The maximum atomic E-state index is 13.3. The van der Waals surface area contributed by atoms with Crippen molar-refractivity contribution in [3.63, 3.8) is 0 Å². The van der Waals surface area contributed by atoms with Crippen LogP contribution in [0, 0.1) is 5.82 Å². The van der Waals surface area contributed by atoms with E-state index in [2.05, 4.69) is 0 Å². The second kappa shape index (κ2) is 4.56. The highest BCUT2D eigenvalue weighted by molar-refractivity contribution is 7.91. The van der Waals surface area contributed by atoms with Gasteiger partial charge in [-0.2, -0.15) is 13.2 Å². The molecule has 0 atom stereocenters. The van der Waals surface area contributed by atoms with Gasteiger partial charge in [0, 0.05) is 0 Å². The molecule has 0 amide bonds. The van der Waals surface area contributed by atoms with Crippen molar-refractivity contribution in [3.05, 3.63) is 29.6 Å². The van der Waals surface area contributed by atoms with E-state index in [-0.39, 0.29) is 0 Å². The van der Waals surface area contributed by atoms with Crippen molar-refractivity contribution in [1.29, 1.82) is 0 Å². The van der Waals surface area contributed by atoms with Gasteiger partial charge in [0.05, 0.1) is 5.56 Å². The van der Waals surface area contributed by atoms with Gasteiger partial charge in [0.25, 0.3) is 0 Å². The summed E-state index contributed by atoms with van der Waals surface area (Å²) in [6, 6.07) is 1.57. The smallest absolute Gasteiger partial charge is 0.403 e. The lowest BCUT2D eigenvalue weighted by Crippen LogP contribution is -2.23. The standard InChI is InChI=1S/C9H6F4O4S/c10-6-3-5(8(14)15)1-2-7(6)18(16,17)4-9(11,12)13/h1-3H,4H2,(H,14,15). The van der Waals surface area contributed by atoms with Crippen molar-refractivity contribution in [2.24, 2.45) is 0 Å². The lowest BCUT2D eigenvalue weighted by atomic mass is 10.2. The molecule has 0 radical (unpaired) electrons. The summed E-state index contributed by atoms with van der Waals surface area (Å²) in [5, 5.41) is 8.49. The van der Waals surface area contributed by atoms with Gasteiger partial charge in [-0.3, -0.25) is 0 Å². The lowest BCUT2D eigenvalue weighted by Gasteiger charge is -2.08. The molecule has 0 saturated heterocycles. The number of halogens is 4. The van der Waals surface area contributed by atoms with Gasteiger partial charge in [-0.15, -0.1) is 0 Å². The van der Waals surface area contributed by atoms with Gasteiger partial charge < -0.3 is 5.11 Å². The Balaban J connectivity index is 3.23.